The van der Waals surface area contributed by atoms with Gasteiger partial charge in [0.15, 0.2) is 11.6 Å². The zero-order chi connectivity index (χ0) is 13.3. The lowest BCUT2D eigenvalue weighted by molar-refractivity contribution is -0.130. The summed E-state index contributed by atoms with van der Waals surface area (Å²) in [7, 11) is 0. The van der Waals surface area contributed by atoms with Gasteiger partial charge in [0, 0.05) is 6.92 Å². The van der Waals surface area contributed by atoms with Gasteiger partial charge in [0.2, 0.25) is 0 Å². The summed E-state index contributed by atoms with van der Waals surface area (Å²) in [5.41, 5.74) is 0.338. The molecule has 1 aliphatic heterocycles. The maximum absolute atomic E-state index is 11.3. The van der Waals surface area contributed by atoms with Crippen molar-refractivity contribution in [2.24, 2.45) is 4.99 Å². The molecule has 0 aromatic heterocycles. The molecular weight excluding hydrogens is 240 g/mol. The lowest BCUT2D eigenvalue weighted by Gasteiger charge is -2.33. The molecular formula is C11H11N2O5-. The van der Waals surface area contributed by atoms with Crippen LogP contribution in [0, 0.1) is 5.21 Å². The number of nitrogens with zero attached hydrogens (tertiary/aromatic N) is 2. The molecule has 96 valence electrons. The van der Waals surface area contributed by atoms with Crippen LogP contribution in [0.5, 0.6) is 0 Å². The maximum atomic E-state index is 11.3. The van der Waals surface area contributed by atoms with E-state index < -0.39 is 18.1 Å². The van der Waals surface area contributed by atoms with Gasteiger partial charge in [0.05, 0.1) is 12.1 Å². The number of aliphatic imine (C=N–C) groups is 1. The van der Waals surface area contributed by atoms with E-state index in [1.54, 1.807) is 0 Å². The number of aliphatic hydroxyl groups is 1. The Labute approximate surface area is 103 Å². The highest BCUT2D eigenvalue weighted by molar-refractivity contribution is 6.04. The van der Waals surface area contributed by atoms with E-state index in [0.29, 0.717) is 5.57 Å². The number of carbonyl (C=O) groups excluding carboxylic acids is 1. The molecule has 0 saturated heterocycles. The smallest absolute Gasteiger partial charge is 0.363 e. The van der Waals surface area contributed by atoms with E-state index in [9.17, 15) is 15.1 Å². The van der Waals surface area contributed by atoms with E-state index in [0.717, 1.165) is 0 Å². The number of esters is 1. The maximum Gasteiger partial charge on any atom is 0.363 e. The molecule has 1 aliphatic carbocycles. The van der Waals surface area contributed by atoms with Crippen molar-refractivity contribution in [2.45, 2.75) is 19.1 Å². The summed E-state index contributed by atoms with van der Waals surface area (Å²) in [6, 6.07) is -1.11. The average Bonchev–Trinajstić information content (AvgIpc) is 2.60. The first-order chi connectivity index (χ1) is 8.49. The highest BCUT2D eigenvalue weighted by Gasteiger charge is 2.26. The molecule has 0 amide bonds. The highest BCUT2D eigenvalue weighted by atomic mass is 16.8. The normalized spacial score (nSPS) is 29.6. The Balaban J connectivity index is 2.25. The van der Waals surface area contributed by atoms with Crippen LogP contribution in [-0.4, -0.2) is 39.6 Å². The van der Waals surface area contributed by atoms with Gasteiger partial charge in [0.25, 0.3) is 0 Å². The number of rotatable bonds is 2. The number of cyclic esters (lactones) is 1. The fraction of sp³-hybridized carbons (Fsp3) is 0.273. The zero-order valence-electron chi connectivity index (χ0n) is 9.48. The minimum atomic E-state index is -1.24. The van der Waals surface area contributed by atoms with Gasteiger partial charge >= 0.3 is 5.97 Å². The number of ether oxygens (including phenoxy) is 1. The molecule has 0 saturated carbocycles. The minimum absolute atomic E-state index is 0.0437. The summed E-state index contributed by atoms with van der Waals surface area (Å²) >= 11 is 0. The molecule has 7 heteroatoms. The lowest BCUT2D eigenvalue weighted by Crippen LogP contribution is -2.38. The highest BCUT2D eigenvalue weighted by Crippen LogP contribution is 2.21. The predicted octanol–water partition coefficient (Wildman–Crippen LogP) is 0.260. The number of allylic oxidation sites excluding steroid dienone is 2. The Bertz CT molecular complexity index is 490. The van der Waals surface area contributed by atoms with E-state index in [-0.39, 0.29) is 16.8 Å². The monoisotopic (exact) mass is 251 g/mol. The van der Waals surface area contributed by atoms with Crippen molar-refractivity contribution in [3.8, 4) is 0 Å². The van der Waals surface area contributed by atoms with Gasteiger partial charge in [-0.25, -0.2) is 9.79 Å². The third-order valence-electron chi connectivity index (χ3n) is 2.55. The quantitative estimate of drug-likeness (QED) is 0.414. The van der Waals surface area contributed by atoms with E-state index in [1.165, 1.54) is 31.2 Å². The second-order valence-corrected chi connectivity index (χ2v) is 3.84. The number of hydroxylamine groups is 2. The van der Waals surface area contributed by atoms with Crippen LogP contribution >= 0.6 is 0 Å². The standard InChI is InChI=1S/C11H11N2O5/c1-6-12-8(11(15)18-6)5-7-3-2-4-9(10(7)14)13(16)17/h2-5,9-10,14,16H,1H3/q-1/b8-5+/t9-,10-/m0/s1. The van der Waals surface area contributed by atoms with Gasteiger partial charge in [0.1, 0.15) is 0 Å². The largest absolute Gasteiger partial charge is 0.762 e. The van der Waals surface area contributed by atoms with Crippen LogP contribution in [0.1, 0.15) is 6.92 Å². The summed E-state index contributed by atoms with van der Waals surface area (Å²) in [5, 5.41) is 29.1. The number of aliphatic hydroxyl groups excluding tert-OH is 1. The molecule has 0 aromatic rings. The second-order valence-electron chi connectivity index (χ2n) is 3.84. The van der Waals surface area contributed by atoms with E-state index in [4.69, 9.17) is 9.94 Å². The molecule has 1 heterocycles. The number of hydrogen-bond acceptors (Lipinski definition) is 7. The molecule has 7 nitrogen and oxygen atoms in total. The van der Waals surface area contributed by atoms with Gasteiger partial charge in [-0.05, 0) is 11.6 Å². The van der Waals surface area contributed by atoms with Crippen LogP contribution in [0.25, 0.3) is 0 Å². The van der Waals surface area contributed by atoms with Crippen molar-refractivity contribution < 1.29 is 19.8 Å². The Kier molecular flexibility index (Phi) is 3.39. The first-order valence-electron chi connectivity index (χ1n) is 5.20. The predicted molar refractivity (Wildman–Crippen MR) is 61.3 cm³/mol. The van der Waals surface area contributed by atoms with Crippen molar-refractivity contribution >= 4 is 11.9 Å². The van der Waals surface area contributed by atoms with Gasteiger partial charge in [-0.15, -0.1) is 0 Å². The molecule has 18 heavy (non-hydrogen) atoms. The Morgan fingerprint density at radius 3 is 2.89 bits per heavy atom. The Hall–Kier alpha value is -1.80. The number of carbonyl (C=O) groups is 1. The Morgan fingerprint density at radius 2 is 2.33 bits per heavy atom. The third-order valence-corrected chi connectivity index (χ3v) is 2.55. The molecule has 2 rings (SSSR count). The molecule has 0 spiro atoms. The van der Waals surface area contributed by atoms with Crippen LogP contribution in [0.2, 0.25) is 0 Å². The fourth-order valence-electron chi connectivity index (χ4n) is 1.68. The summed E-state index contributed by atoms with van der Waals surface area (Å²) in [5.74, 6) is -0.397. The molecule has 0 fully saturated rings. The molecule has 2 N–H and O–H groups in total. The van der Waals surface area contributed by atoms with Crippen molar-refractivity contribution in [1.29, 1.82) is 0 Å². The summed E-state index contributed by atoms with van der Waals surface area (Å²) in [4.78, 5) is 15.2. The van der Waals surface area contributed by atoms with E-state index >= 15 is 0 Å². The first-order valence-corrected chi connectivity index (χ1v) is 5.20. The molecule has 2 atom stereocenters. The van der Waals surface area contributed by atoms with Crippen LogP contribution in [0.3, 0.4) is 0 Å². The van der Waals surface area contributed by atoms with Crippen LogP contribution < -0.4 is 0 Å². The van der Waals surface area contributed by atoms with Gasteiger partial charge < -0.3 is 20.3 Å². The lowest BCUT2D eigenvalue weighted by atomic mass is 9.96. The minimum Gasteiger partial charge on any atom is -0.762 e. The summed E-state index contributed by atoms with van der Waals surface area (Å²) in [6.45, 7) is 1.53. The topological polar surface area (TPSA) is 105 Å². The summed E-state index contributed by atoms with van der Waals surface area (Å²) < 4.78 is 4.72. The first kappa shape index (κ1) is 12.7. The molecule has 0 unspecified atom stereocenters. The fourth-order valence-corrected chi connectivity index (χ4v) is 1.68. The summed E-state index contributed by atoms with van der Waals surface area (Å²) in [6.07, 6.45) is 4.45. The zero-order valence-corrected chi connectivity index (χ0v) is 9.48. The van der Waals surface area contributed by atoms with Crippen LogP contribution in [0.15, 0.2) is 40.6 Å². The van der Waals surface area contributed by atoms with Crippen molar-refractivity contribution in [3.63, 3.8) is 0 Å². The molecule has 0 aromatic carbocycles. The number of hydrogen-bond donors (Lipinski definition) is 2. The van der Waals surface area contributed by atoms with E-state index in [1.807, 2.05) is 0 Å². The molecule has 2 aliphatic rings. The molecule has 0 bridgehead atoms. The van der Waals surface area contributed by atoms with Gasteiger partial charge in [-0.1, -0.05) is 18.2 Å². The second kappa shape index (κ2) is 4.83. The van der Waals surface area contributed by atoms with Crippen molar-refractivity contribution in [3.05, 3.63) is 40.8 Å². The van der Waals surface area contributed by atoms with Crippen LogP contribution in [-0.2, 0) is 9.53 Å². The van der Waals surface area contributed by atoms with Gasteiger partial charge in [-0.3, -0.25) is 5.23 Å². The SMILES string of the molecule is CC1=N/C(=C/C2=CC=C[C@H](N([O-])O)[C@H]2O)C(=O)O1. The average molecular weight is 251 g/mol. The third kappa shape index (κ3) is 2.39. The van der Waals surface area contributed by atoms with Crippen LogP contribution in [0.4, 0.5) is 0 Å². The molecule has 0 radical (unpaired) electrons. The van der Waals surface area contributed by atoms with Crippen molar-refractivity contribution in [2.75, 3.05) is 0 Å². The van der Waals surface area contributed by atoms with Crippen molar-refractivity contribution in [1.82, 2.24) is 5.23 Å². The van der Waals surface area contributed by atoms with Gasteiger partial charge in [-0.2, -0.15) is 0 Å². The van der Waals surface area contributed by atoms with E-state index in [2.05, 4.69) is 4.99 Å². The Morgan fingerprint density at radius 1 is 1.61 bits per heavy atom.